The van der Waals surface area contributed by atoms with E-state index in [1.807, 2.05) is 42.3 Å². The number of nitrogens with zero attached hydrogens (tertiary/aromatic N) is 4. The van der Waals surface area contributed by atoms with Crippen LogP contribution in [0.15, 0.2) is 56.1 Å². The molecule has 29 heavy (non-hydrogen) atoms. The van der Waals surface area contributed by atoms with E-state index in [-0.39, 0.29) is 5.96 Å². The zero-order valence-corrected chi connectivity index (χ0v) is 16.5. The molecule has 152 valence electrons. The highest BCUT2D eigenvalue weighted by Gasteiger charge is 2.31. The van der Waals surface area contributed by atoms with Gasteiger partial charge in [0.1, 0.15) is 5.76 Å². The average molecular weight is 396 g/mol. The van der Waals surface area contributed by atoms with Gasteiger partial charge in [0.05, 0.1) is 25.5 Å². The third kappa shape index (κ3) is 4.37. The summed E-state index contributed by atoms with van der Waals surface area (Å²) in [4.78, 5) is 13.5. The SMILES string of the molecule is COCCOCc1cccc(CC2=C3N=C(N)N=C(c4ccc(C)o4)N3NC2)n1. The minimum Gasteiger partial charge on any atom is -0.458 e. The Morgan fingerprint density at radius 2 is 2.03 bits per heavy atom. The highest BCUT2D eigenvalue weighted by molar-refractivity contribution is 6.06. The number of pyridine rings is 1. The number of aliphatic imine (C=N–C) groups is 2. The van der Waals surface area contributed by atoms with Crippen molar-refractivity contribution in [3.05, 3.63) is 64.6 Å². The van der Waals surface area contributed by atoms with Crippen molar-refractivity contribution in [2.24, 2.45) is 15.7 Å². The molecule has 0 aromatic carbocycles. The fraction of sp³-hybridized carbons (Fsp3) is 0.350. The second-order valence-corrected chi connectivity index (χ2v) is 6.76. The normalized spacial score (nSPS) is 16.1. The maximum absolute atomic E-state index is 5.97. The predicted octanol–water partition coefficient (Wildman–Crippen LogP) is 1.50. The number of hydrogen-bond donors (Lipinski definition) is 2. The molecule has 0 fully saturated rings. The van der Waals surface area contributed by atoms with Crippen LogP contribution in [0.5, 0.6) is 0 Å². The third-order valence-electron chi connectivity index (χ3n) is 4.53. The molecule has 9 heteroatoms. The van der Waals surface area contributed by atoms with E-state index >= 15 is 0 Å². The summed E-state index contributed by atoms with van der Waals surface area (Å²) in [6, 6.07) is 9.70. The topological polar surface area (TPSA) is 110 Å². The van der Waals surface area contributed by atoms with Gasteiger partial charge in [0, 0.05) is 25.8 Å². The van der Waals surface area contributed by atoms with E-state index < -0.39 is 0 Å². The quantitative estimate of drug-likeness (QED) is 0.651. The van der Waals surface area contributed by atoms with Crippen LogP contribution < -0.4 is 11.2 Å². The first-order valence-corrected chi connectivity index (χ1v) is 9.41. The van der Waals surface area contributed by atoms with Gasteiger partial charge < -0.3 is 19.6 Å². The number of nitrogens with two attached hydrogens (primary N) is 1. The maximum atomic E-state index is 5.97. The van der Waals surface area contributed by atoms with E-state index in [9.17, 15) is 0 Å². The van der Waals surface area contributed by atoms with Crippen LogP contribution in [0.3, 0.4) is 0 Å². The second-order valence-electron chi connectivity index (χ2n) is 6.76. The van der Waals surface area contributed by atoms with Gasteiger partial charge in [-0.3, -0.25) is 4.98 Å². The van der Waals surface area contributed by atoms with Crippen molar-refractivity contribution >= 4 is 11.8 Å². The van der Waals surface area contributed by atoms with Crippen LogP contribution in [0, 0.1) is 6.92 Å². The minimum atomic E-state index is 0.203. The number of guanidine groups is 1. The average Bonchev–Trinajstić information content (AvgIpc) is 3.32. The molecule has 9 nitrogen and oxygen atoms in total. The number of hydrogen-bond acceptors (Lipinski definition) is 9. The van der Waals surface area contributed by atoms with Gasteiger partial charge in [0.25, 0.3) is 0 Å². The molecule has 0 spiro atoms. The Labute approximate surface area is 168 Å². The zero-order chi connectivity index (χ0) is 20.2. The van der Waals surface area contributed by atoms with Crippen LogP contribution in [0.1, 0.15) is 22.9 Å². The van der Waals surface area contributed by atoms with Gasteiger partial charge in [0.2, 0.25) is 5.96 Å². The number of methoxy groups -OCH3 is 1. The maximum Gasteiger partial charge on any atom is 0.224 e. The Morgan fingerprint density at radius 1 is 1.17 bits per heavy atom. The number of furan rings is 1. The highest BCUT2D eigenvalue weighted by atomic mass is 16.5. The fourth-order valence-corrected chi connectivity index (χ4v) is 3.19. The minimum absolute atomic E-state index is 0.203. The summed E-state index contributed by atoms with van der Waals surface area (Å²) in [7, 11) is 1.65. The van der Waals surface area contributed by atoms with Gasteiger partial charge in [-0.15, -0.1) is 0 Å². The van der Waals surface area contributed by atoms with Crippen LogP contribution in [0.25, 0.3) is 0 Å². The van der Waals surface area contributed by atoms with Crippen molar-refractivity contribution in [3.8, 4) is 0 Å². The number of nitrogens with one attached hydrogen (secondary N) is 1. The Kier molecular flexibility index (Phi) is 5.70. The Hall–Kier alpha value is -3.01. The van der Waals surface area contributed by atoms with E-state index in [1.165, 1.54) is 0 Å². The number of rotatable bonds is 8. The van der Waals surface area contributed by atoms with E-state index in [0.29, 0.717) is 44.4 Å². The largest absolute Gasteiger partial charge is 0.458 e. The summed E-state index contributed by atoms with van der Waals surface area (Å²) in [5.74, 6) is 2.99. The number of hydrazine groups is 1. The molecule has 2 aromatic rings. The summed E-state index contributed by atoms with van der Waals surface area (Å²) < 4.78 is 16.3. The molecule has 3 N–H and O–H groups in total. The van der Waals surface area contributed by atoms with Gasteiger partial charge in [-0.2, -0.15) is 9.98 Å². The number of aromatic nitrogens is 1. The molecule has 2 aliphatic heterocycles. The third-order valence-corrected chi connectivity index (χ3v) is 4.53. The molecular formula is C20H24N6O3. The molecule has 4 heterocycles. The summed E-state index contributed by atoms with van der Waals surface area (Å²) in [5, 5.41) is 1.82. The molecule has 0 aliphatic carbocycles. The van der Waals surface area contributed by atoms with E-state index in [1.54, 1.807) is 7.11 Å². The molecule has 2 aromatic heterocycles. The molecular weight excluding hydrogens is 372 g/mol. The summed E-state index contributed by atoms with van der Waals surface area (Å²) >= 11 is 0. The summed E-state index contributed by atoms with van der Waals surface area (Å²) in [6.45, 7) is 4.07. The lowest BCUT2D eigenvalue weighted by Crippen LogP contribution is -2.41. The van der Waals surface area contributed by atoms with Gasteiger partial charge in [-0.05, 0) is 36.8 Å². The van der Waals surface area contributed by atoms with Crippen molar-refractivity contribution in [1.29, 1.82) is 0 Å². The van der Waals surface area contributed by atoms with Crippen LogP contribution in [0.2, 0.25) is 0 Å². The Balaban J connectivity index is 1.51. The lowest BCUT2D eigenvalue weighted by Gasteiger charge is -2.23. The van der Waals surface area contributed by atoms with Crippen LogP contribution in [-0.4, -0.2) is 48.7 Å². The van der Waals surface area contributed by atoms with E-state index in [4.69, 9.17) is 24.6 Å². The standard InChI is InChI=1S/C20H24N6O3/c1-13-6-7-17(29-13)19-25-20(21)24-18-14(11-22-26(18)19)10-15-4-3-5-16(23-15)12-28-9-8-27-2/h3-7,22H,8-12H2,1-2H3,(H2,21,24). The van der Waals surface area contributed by atoms with E-state index in [2.05, 4.69) is 15.4 Å². The molecule has 0 saturated heterocycles. The van der Waals surface area contributed by atoms with Crippen LogP contribution >= 0.6 is 0 Å². The molecule has 0 unspecified atom stereocenters. The number of fused-ring (bicyclic) bond motifs is 1. The van der Waals surface area contributed by atoms with Gasteiger partial charge in [-0.1, -0.05) is 6.07 Å². The summed E-state index contributed by atoms with van der Waals surface area (Å²) in [5.41, 5.74) is 12.2. The smallest absolute Gasteiger partial charge is 0.224 e. The van der Waals surface area contributed by atoms with Gasteiger partial charge in [0.15, 0.2) is 17.4 Å². The second kappa shape index (κ2) is 8.56. The van der Waals surface area contributed by atoms with Gasteiger partial charge >= 0.3 is 0 Å². The highest BCUT2D eigenvalue weighted by Crippen LogP contribution is 2.26. The van der Waals surface area contributed by atoms with Crippen molar-refractivity contribution < 1.29 is 13.9 Å². The predicted molar refractivity (Wildman–Crippen MR) is 108 cm³/mol. The molecule has 0 bridgehead atoms. The molecule has 0 atom stereocenters. The number of ether oxygens (including phenoxy) is 2. The van der Waals surface area contributed by atoms with Crippen molar-refractivity contribution in [1.82, 2.24) is 15.4 Å². The monoisotopic (exact) mass is 396 g/mol. The van der Waals surface area contributed by atoms with E-state index in [0.717, 1.165) is 28.5 Å². The first-order chi connectivity index (χ1) is 14.1. The lowest BCUT2D eigenvalue weighted by molar-refractivity contribution is 0.0601. The fourth-order valence-electron chi connectivity index (χ4n) is 3.19. The molecule has 0 amide bonds. The number of amidine groups is 1. The van der Waals surface area contributed by atoms with Crippen molar-refractivity contribution in [3.63, 3.8) is 0 Å². The van der Waals surface area contributed by atoms with Gasteiger partial charge in [-0.25, -0.2) is 10.4 Å². The zero-order valence-electron chi connectivity index (χ0n) is 16.5. The van der Waals surface area contributed by atoms with Crippen molar-refractivity contribution in [2.45, 2.75) is 20.0 Å². The molecule has 4 rings (SSSR count). The Bertz CT molecular complexity index is 978. The first kappa shape index (κ1) is 19.3. The first-order valence-electron chi connectivity index (χ1n) is 9.41. The Morgan fingerprint density at radius 3 is 2.83 bits per heavy atom. The number of aryl methyl sites for hydroxylation is 1. The molecule has 2 aliphatic rings. The lowest BCUT2D eigenvalue weighted by atomic mass is 10.1. The molecule has 0 saturated carbocycles. The summed E-state index contributed by atoms with van der Waals surface area (Å²) in [6.07, 6.45) is 0.645. The van der Waals surface area contributed by atoms with Crippen LogP contribution in [0.4, 0.5) is 0 Å². The van der Waals surface area contributed by atoms with Crippen molar-refractivity contribution in [2.75, 3.05) is 26.9 Å². The van der Waals surface area contributed by atoms with Crippen LogP contribution in [-0.2, 0) is 22.5 Å². The molecule has 0 radical (unpaired) electrons.